The van der Waals surface area contributed by atoms with Crippen molar-refractivity contribution in [3.05, 3.63) is 35.9 Å². The number of rotatable bonds is 3. The maximum Gasteiger partial charge on any atom is 0.416 e. The minimum atomic E-state index is -1.80. The molecule has 1 amide bonds. The molecular weight excluding hydrogens is 418 g/mol. The van der Waals surface area contributed by atoms with Crippen LogP contribution in [0, 0.1) is 0 Å². The van der Waals surface area contributed by atoms with Crippen molar-refractivity contribution in [2.45, 2.75) is 56.2 Å². The van der Waals surface area contributed by atoms with Crippen molar-refractivity contribution in [2.24, 2.45) is 4.99 Å². The molecule has 0 unspecified atom stereocenters. The number of nitrogens with zero attached hydrogens (tertiary/aromatic N) is 2. The van der Waals surface area contributed by atoms with E-state index in [-0.39, 0.29) is 10.7 Å². The molecule has 2 aliphatic rings. The molecule has 0 aromatic heterocycles. The van der Waals surface area contributed by atoms with Crippen molar-refractivity contribution < 1.29 is 32.6 Å². The zero-order chi connectivity index (χ0) is 22.1. The Morgan fingerprint density at radius 1 is 1.27 bits per heavy atom. The standard InChI is InChI=1S/C20H24F2N2O5S/c1-20(2,3)29-19(26)24(4)18-23-14-13(22)15(12(10-21)27-17(14)30-18)28-16(25)11-8-6-5-7-9-11/h5-9,12-15,17H,10H2,1-4H3/t12-,13+,14-,15-,17-/m1/s1. The Morgan fingerprint density at radius 2 is 1.93 bits per heavy atom. The van der Waals surface area contributed by atoms with E-state index in [1.807, 2.05) is 0 Å². The second kappa shape index (κ2) is 8.89. The highest BCUT2D eigenvalue weighted by Gasteiger charge is 2.52. The molecule has 10 heteroatoms. The first-order valence-electron chi connectivity index (χ1n) is 9.43. The number of amidine groups is 1. The Kier molecular flexibility index (Phi) is 6.66. The largest absolute Gasteiger partial charge is 0.453 e. The lowest BCUT2D eigenvalue weighted by Gasteiger charge is -2.37. The Labute approximate surface area is 177 Å². The van der Waals surface area contributed by atoms with Gasteiger partial charge in [-0.3, -0.25) is 9.89 Å². The van der Waals surface area contributed by atoms with Crippen LogP contribution in [0.15, 0.2) is 35.3 Å². The zero-order valence-corrected chi connectivity index (χ0v) is 17.9. The molecule has 0 N–H and O–H groups in total. The minimum Gasteiger partial charge on any atom is -0.453 e. The quantitative estimate of drug-likeness (QED) is 0.666. The summed E-state index contributed by atoms with van der Waals surface area (Å²) in [5.74, 6) is -0.774. The molecule has 5 atom stereocenters. The molecule has 3 rings (SSSR count). The van der Waals surface area contributed by atoms with Gasteiger partial charge in [-0.05, 0) is 32.9 Å². The molecule has 30 heavy (non-hydrogen) atoms. The predicted molar refractivity (Wildman–Crippen MR) is 108 cm³/mol. The molecule has 0 aliphatic carbocycles. The van der Waals surface area contributed by atoms with Crippen LogP contribution in [-0.2, 0) is 14.2 Å². The van der Waals surface area contributed by atoms with Crippen LogP contribution < -0.4 is 0 Å². The van der Waals surface area contributed by atoms with Crippen LogP contribution in [0.2, 0.25) is 0 Å². The third-order valence-corrected chi connectivity index (χ3v) is 5.65. The molecular formula is C20H24F2N2O5S. The number of carbonyl (C=O) groups excluding carboxylic acids is 2. The number of fused-ring (bicyclic) bond motifs is 1. The van der Waals surface area contributed by atoms with Crippen LogP contribution in [0.5, 0.6) is 0 Å². The molecule has 0 saturated carbocycles. The van der Waals surface area contributed by atoms with Gasteiger partial charge in [0.1, 0.15) is 29.9 Å². The van der Waals surface area contributed by atoms with Crippen molar-refractivity contribution in [1.82, 2.24) is 4.90 Å². The second-order valence-electron chi connectivity index (χ2n) is 7.94. The lowest BCUT2D eigenvalue weighted by Crippen LogP contribution is -2.55. The van der Waals surface area contributed by atoms with Gasteiger partial charge in [-0.1, -0.05) is 30.0 Å². The van der Waals surface area contributed by atoms with Crippen LogP contribution in [0.3, 0.4) is 0 Å². The Hall–Kier alpha value is -2.20. The van der Waals surface area contributed by atoms with E-state index in [0.29, 0.717) is 0 Å². The van der Waals surface area contributed by atoms with Crippen molar-refractivity contribution in [2.75, 3.05) is 13.7 Å². The van der Waals surface area contributed by atoms with Crippen LogP contribution in [0.4, 0.5) is 13.6 Å². The fourth-order valence-corrected chi connectivity index (χ4v) is 4.15. The van der Waals surface area contributed by atoms with Gasteiger partial charge in [0.15, 0.2) is 17.4 Å². The smallest absolute Gasteiger partial charge is 0.416 e. The SMILES string of the molecule is CN(C(=O)OC(C)(C)C)C1=N[C@@H]2[C@H](F)[C@H](OC(=O)c3ccccc3)[C@@H](CF)O[C@@H]2S1. The normalized spacial score (nSPS) is 28.3. The first-order chi connectivity index (χ1) is 14.1. The molecule has 0 bridgehead atoms. The molecule has 1 aromatic rings. The molecule has 0 spiro atoms. The maximum atomic E-state index is 15.2. The first kappa shape index (κ1) is 22.5. The minimum absolute atomic E-state index is 0.189. The highest BCUT2D eigenvalue weighted by molar-refractivity contribution is 8.14. The molecule has 1 fully saturated rings. The molecule has 1 aromatic carbocycles. The number of halogens is 2. The Bertz CT molecular complexity index is 817. The molecule has 164 valence electrons. The van der Waals surface area contributed by atoms with E-state index in [9.17, 15) is 14.0 Å². The summed E-state index contributed by atoms with van der Waals surface area (Å²) in [6, 6.07) is 6.99. The average molecular weight is 442 g/mol. The summed E-state index contributed by atoms with van der Waals surface area (Å²) in [6.07, 6.45) is -5.19. The number of alkyl halides is 2. The van der Waals surface area contributed by atoms with Crippen molar-refractivity contribution >= 4 is 29.0 Å². The second-order valence-corrected chi connectivity index (χ2v) is 9.00. The molecule has 7 nitrogen and oxygen atoms in total. The number of thioether (sulfide) groups is 1. The topological polar surface area (TPSA) is 77.4 Å². The summed E-state index contributed by atoms with van der Waals surface area (Å²) in [6.45, 7) is 4.13. The van der Waals surface area contributed by atoms with E-state index < -0.39 is 54.2 Å². The number of hydrogen-bond acceptors (Lipinski definition) is 7. The van der Waals surface area contributed by atoms with Gasteiger partial charge in [0.05, 0.1) is 5.56 Å². The lowest BCUT2D eigenvalue weighted by molar-refractivity contribution is -0.140. The first-order valence-corrected chi connectivity index (χ1v) is 10.3. The summed E-state index contributed by atoms with van der Waals surface area (Å²) in [7, 11) is 1.45. The van der Waals surface area contributed by atoms with Crippen LogP contribution in [0.25, 0.3) is 0 Å². The summed E-state index contributed by atoms with van der Waals surface area (Å²) in [4.78, 5) is 30.0. The number of ether oxygens (including phenoxy) is 3. The Morgan fingerprint density at radius 3 is 2.53 bits per heavy atom. The van der Waals surface area contributed by atoms with Crippen LogP contribution in [0.1, 0.15) is 31.1 Å². The van der Waals surface area contributed by atoms with E-state index in [2.05, 4.69) is 4.99 Å². The third-order valence-electron chi connectivity index (χ3n) is 4.43. The summed E-state index contributed by atoms with van der Waals surface area (Å²) in [5, 5.41) is 0.189. The summed E-state index contributed by atoms with van der Waals surface area (Å²) in [5.41, 5.74) is -1.33. The fraction of sp³-hybridized carbons (Fsp3) is 0.550. The lowest BCUT2D eigenvalue weighted by atomic mass is 10.00. The summed E-state index contributed by atoms with van der Waals surface area (Å²) < 4.78 is 45.0. The van der Waals surface area contributed by atoms with Gasteiger partial charge < -0.3 is 14.2 Å². The van der Waals surface area contributed by atoms with E-state index >= 15 is 4.39 Å². The van der Waals surface area contributed by atoms with E-state index in [1.54, 1.807) is 39.0 Å². The van der Waals surface area contributed by atoms with E-state index in [1.165, 1.54) is 19.2 Å². The third kappa shape index (κ3) is 4.92. The monoisotopic (exact) mass is 442 g/mol. The highest BCUT2D eigenvalue weighted by Crippen LogP contribution is 2.40. The van der Waals surface area contributed by atoms with Gasteiger partial charge in [-0.2, -0.15) is 0 Å². The van der Waals surface area contributed by atoms with E-state index in [4.69, 9.17) is 14.2 Å². The predicted octanol–water partition coefficient (Wildman–Crippen LogP) is 3.58. The van der Waals surface area contributed by atoms with Gasteiger partial charge in [-0.25, -0.2) is 18.4 Å². The maximum absolute atomic E-state index is 15.2. The molecule has 2 heterocycles. The number of benzene rings is 1. The molecule has 0 radical (unpaired) electrons. The molecule has 1 saturated heterocycles. The van der Waals surface area contributed by atoms with Gasteiger partial charge in [0.25, 0.3) is 0 Å². The zero-order valence-electron chi connectivity index (χ0n) is 17.1. The average Bonchev–Trinajstić information content (AvgIpc) is 3.13. The number of hydrogen-bond donors (Lipinski definition) is 0. The molecule has 2 aliphatic heterocycles. The highest BCUT2D eigenvalue weighted by atomic mass is 32.2. The fourth-order valence-electron chi connectivity index (χ4n) is 2.98. The van der Waals surface area contributed by atoms with Crippen LogP contribution >= 0.6 is 11.8 Å². The van der Waals surface area contributed by atoms with Gasteiger partial charge in [0, 0.05) is 7.05 Å². The van der Waals surface area contributed by atoms with Gasteiger partial charge in [-0.15, -0.1) is 0 Å². The number of amides is 1. The van der Waals surface area contributed by atoms with Gasteiger partial charge in [0.2, 0.25) is 0 Å². The number of aliphatic imine (C=N–C) groups is 1. The van der Waals surface area contributed by atoms with Gasteiger partial charge >= 0.3 is 12.1 Å². The van der Waals surface area contributed by atoms with E-state index in [0.717, 1.165) is 16.7 Å². The van der Waals surface area contributed by atoms with Crippen molar-refractivity contribution in [1.29, 1.82) is 0 Å². The number of esters is 1. The Balaban J connectivity index is 1.74. The van der Waals surface area contributed by atoms with Crippen molar-refractivity contribution in [3.8, 4) is 0 Å². The van der Waals surface area contributed by atoms with Crippen molar-refractivity contribution in [3.63, 3.8) is 0 Å². The van der Waals surface area contributed by atoms with Crippen LogP contribution in [-0.4, -0.2) is 71.3 Å². The number of carbonyl (C=O) groups is 2. The summed E-state index contributed by atoms with van der Waals surface area (Å²) >= 11 is 1.00.